The summed E-state index contributed by atoms with van der Waals surface area (Å²) >= 11 is 1.22. The number of carboxylic acids is 1. The Kier molecular flexibility index (Phi) is 6.11. The smallest absolute Gasteiger partial charge is 0.341 e. The van der Waals surface area contributed by atoms with Gasteiger partial charge in [-0.1, -0.05) is 0 Å². The number of pyridine rings is 2. The molecule has 2 fully saturated rings. The number of carbonyl (C=O) groups is 2. The fourth-order valence-corrected chi connectivity index (χ4v) is 4.75. The van der Waals surface area contributed by atoms with Crippen molar-refractivity contribution in [1.82, 2.24) is 14.5 Å². The van der Waals surface area contributed by atoms with Crippen LogP contribution in [0.5, 0.6) is 0 Å². The van der Waals surface area contributed by atoms with Crippen molar-refractivity contribution in [2.24, 2.45) is 5.92 Å². The van der Waals surface area contributed by atoms with Crippen LogP contribution in [0.15, 0.2) is 28.6 Å². The number of ether oxygens (including phenoxy) is 2. The van der Waals surface area contributed by atoms with Crippen molar-refractivity contribution in [3.8, 4) is 5.13 Å². The number of anilines is 1. The van der Waals surface area contributed by atoms with Crippen molar-refractivity contribution in [2.45, 2.75) is 18.9 Å². The molecule has 0 aromatic carbocycles. The summed E-state index contributed by atoms with van der Waals surface area (Å²) in [6, 6.07) is 1.01. The summed E-state index contributed by atoms with van der Waals surface area (Å²) in [5.74, 6) is -2.32. The van der Waals surface area contributed by atoms with E-state index in [1.165, 1.54) is 22.1 Å². The lowest BCUT2D eigenvalue weighted by Crippen LogP contribution is -2.51. The summed E-state index contributed by atoms with van der Waals surface area (Å²) in [7, 11) is 0. The van der Waals surface area contributed by atoms with Gasteiger partial charge in [0.05, 0.1) is 37.2 Å². The first-order valence-electron chi connectivity index (χ1n) is 10.8. The molecule has 3 aromatic rings. The van der Waals surface area contributed by atoms with Gasteiger partial charge in [-0.25, -0.2) is 19.2 Å². The zero-order valence-electron chi connectivity index (χ0n) is 18.0. The molecular weight excluding hydrogens is 467 g/mol. The lowest BCUT2D eigenvalue weighted by atomic mass is 9.91. The van der Waals surface area contributed by atoms with Crippen LogP contribution >= 0.6 is 11.3 Å². The number of carboxylic acid groups (broad SMARTS) is 1. The number of carbonyl (C=O) groups excluding carboxylic acids is 1. The Morgan fingerprint density at radius 2 is 2.12 bits per heavy atom. The van der Waals surface area contributed by atoms with Crippen LogP contribution in [0.2, 0.25) is 0 Å². The lowest BCUT2D eigenvalue weighted by molar-refractivity contribution is -0.126. The van der Waals surface area contributed by atoms with Gasteiger partial charge in [-0.15, -0.1) is 11.3 Å². The van der Waals surface area contributed by atoms with E-state index in [1.807, 2.05) is 0 Å². The number of thiazole rings is 1. The largest absolute Gasteiger partial charge is 0.477 e. The van der Waals surface area contributed by atoms with Gasteiger partial charge in [0.15, 0.2) is 22.4 Å². The monoisotopic (exact) mass is 488 g/mol. The van der Waals surface area contributed by atoms with Gasteiger partial charge in [-0.3, -0.25) is 14.2 Å². The fourth-order valence-electron chi connectivity index (χ4n) is 4.14. The fraction of sp³-hybridized carbons (Fsp3) is 0.409. The van der Waals surface area contributed by atoms with Crippen LogP contribution in [0.1, 0.15) is 23.2 Å². The predicted octanol–water partition coefficient (Wildman–Crippen LogP) is 1.88. The van der Waals surface area contributed by atoms with Gasteiger partial charge in [0.25, 0.3) is 0 Å². The third kappa shape index (κ3) is 4.19. The molecule has 2 aliphatic rings. The molecular formula is C22H21FN4O6S. The van der Waals surface area contributed by atoms with Crippen LogP contribution in [0.3, 0.4) is 0 Å². The third-order valence-electron chi connectivity index (χ3n) is 6.00. The number of aromatic nitrogens is 3. The molecule has 178 valence electrons. The standard InChI is InChI=1S/C22H21FN4O6S/c23-16-7-14-18(29)15(21(30)31)10-27(22-24-3-6-34-22)19(14)25-20(16)26-8-12(9-26)17(28)2-1-13-11-32-4-5-33-13/h3,6-7,10,12-13H,1-2,4-5,8-9,11H2,(H,30,31). The van der Waals surface area contributed by atoms with Crippen LogP contribution in [0.4, 0.5) is 10.2 Å². The molecule has 1 atom stereocenters. The van der Waals surface area contributed by atoms with Crippen molar-refractivity contribution in [3.63, 3.8) is 0 Å². The highest BCUT2D eigenvalue weighted by molar-refractivity contribution is 7.12. The summed E-state index contributed by atoms with van der Waals surface area (Å²) in [6.07, 6.45) is 3.56. The van der Waals surface area contributed by atoms with Crippen LogP contribution in [0.25, 0.3) is 16.2 Å². The van der Waals surface area contributed by atoms with E-state index in [1.54, 1.807) is 10.3 Å². The quantitative estimate of drug-likeness (QED) is 0.531. The average molecular weight is 488 g/mol. The Hall–Kier alpha value is -3.22. The first kappa shape index (κ1) is 22.6. The molecule has 1 N–H and O–H groups in total. The maximum atomic E-state index is 15.0. The molecule has 0 radical (unpaired) electrons. The van der Waals surface area contributed by atoms with Gasteiger partial charge in [0.1, 0.15) is 11.3 Å². The molecule has 0 bridgehead atoms. The molecule has 0 saturated carbocycles. The molecule has 0 amide bonds. The first-order chi connectivity index (χ1) is 16.4. The molecule has 1 unspecified atom stereocenters. The molecule has 12 heteroatoms. The Morgan fingerprint density at radius 1 is 1.29 bits per heavy atom. The van der Waals surface area contributed by atoms with E-state index in [9.17, 15) is 23.9 Å². The molecule has 0 aliphatic carbocycles. The van der Waals surface area contributed by atoms with E-state index in [4.69, 9.17) is 9.47 Å². The van der Waals surface area contributed by atoms with Crippen molar-refractivity contribution >= 4 is 39.9 Å². The zero-order chi connectivity index (χ0) is 23.8. The highest BCUT2D eigenvalue weighted by Gasteiger charge is 2.35. The van der Waals surface area contributed by atoms with Crippen LogP contribution in [-0.2, 0) is 14.3 Å². The number of nitrogens with zero attached hydrogens (tertiary/aromatic N) is 4. The number of aromatic carboxylic acids is 1. The zero-order valence-corrected chi connectivity index (χ0v) is 18.8. The Labute approximate surface area is 196 Å². The number of rotatable bonds is 7. The van der Waals surface area contributed by atoms with Gasteiger partial charge in [0.2, 0.25) is 5.43 Å². The number of Topliss-reactive ketones (excluding diaryl/α,β-unsaturated/α-hetero) is 1. The Balaban J connectivity index is 1.38. The second-order valence-corrected chi connectivity index (χ2v) is 9.07. The van der Waals surface area contributed by atoms with Gasteiger partial charge >= 0.3 is 5.97 Å². The maximum Gasteiger partial charge on any atom is 0.341 e. The first-order valence-corrected chi connectivity index (χ1v) is 11.7. The van der Waals surface area contributed by atoms with Crippen molar-refractivity contribution in [2.75, 3.05) is 37.8 Å². The molecule has 34 heavy (non-hydrogen) atoms. The minimum Gasteiger partial charge on any atom is -0.477 e. The number of halogens is 1. The number of hydrogen-bond acceptors (Lipinski definition) is 9. The summed E-state index contributed by atoms with van der Waals surface area (Å²) in [4.78, 5) is 46.9. The SMILES string of the molecule is O=C(O)c1cn(-c2nccs2)c2nc(N3CC(C(=O)CCC4COCCO4)C3)c(F)cc2c1=O. The third-order valence-corrected chi connectivity index (χ3v) is 6.77. The van der Waals surface area contributed by atoms with E-state index in [2.05, 4.69) is 9.97 Å². The van der Waals surface area contributed by atoms with Crippen LogP contribution in [-0.4, -0.2) is 70.4 Å². The van der Waals surface area contributed by atoms with Gasteiger partial charge in [-0.2, -0.15) is 0 Å². The van der Waals surface area contributed by atoms with E-state index in [0.29, 0.717) is 50.9 Å². The van der Waals surface area contributed by atoms with E-state index >= 15 is 0 Å². The number of fused-ring (bicyclic) bond motifs is 1. The second kappa shape index (κ2) is 9.20. The van der Waals surface area contributed by atoms with Gasteiger partial charge in [0, 0.05) is 37.3 Å². The second-order valence-electron chi connectivity index (χ2n) is 8.20. The van der Waals surface area contributed by atoms with Gasteiger partial charge in [-0.05, 0) is 12.5 Å². The van der Waals surface area contributed by atoms with Crippen molar-refractivity contribution in [1.29, 1.82) is 0 Å². The molecule has 0 spiro atoms. The van der Waals surface area contributed by atoms with Gasteiger partial charge < -0.3 is 19.5 Å². The molecule has 3 aromatic heterocycles. The van der Waals surface area contributed by atoms with Crippen LogP contribution < -0.4 is 10.3 Å². The van der Waals surface area contributed by atoms with Crippen molar-refractivity contribution < 1.29 is 28.6 Å². The molecule has 2 saturated heterocycles. The average Bonchev–Trinajstić information content (AvgIpc) is 3.33. The predicted molar refractivity (Wildman–Crippen MR) is 120 cm³/mol. The van der Waals surface area contributed by atoms with Crippen molar-refractivity contribution in [3.05, 3.63) is 45.4 Å². The highest BCUT2D eigenvalue weighted by atomic mass is 32.1. The molecule has 2 aliphatic heterocycles. The van der Waals surface area contributed by atoms with E-state index < -0.39 is 22.8 Å². The van der Waals surface area contributed by atoms with E-state index in [-0.39, 0.29) is 34.7 Å². The summed E-state index contributed by atoms with van der Waals surface area (Å²) in [5.41, 5.74) is -1.22. The molecule has 5 rings (SSSR count). The normalized spacial score (nSPS) is 18.7. The lowest BCUT2D eigenvalue weighted by Gasteiger charge is -2.39. The minimum atomic E-state index is -1.42. The minimum absolute atomic E-state index is 0.00773. The Bertz CT molecular complexity index is 1300. The molecule has 5 heterocycles. The number of ketones is 1. The van der Waals surface area contributed by atoms with E-state index in [0.717, 1.165) is 12.3 Å². The number of hydrogen-bond donors (Lipinski definition) is 1. The summed E-state index contributed by atoms with van der Waals surface area (Å²) < 4.78 is 27.3. The highest BCUT2D eigenvalue weighted by Crippen LogP contribution is 2.30. The maximum absolute atomic E-state index is 15.0. The summed E-state index contributed by atoms with van der Waals surface area (Å²) in [6.45, 7) is 2.21. The topological polar surface area (TPSA) is 124 Å². The molecule has 10 nitrogen and oxygen atoms in total. The van der Waals surface area contributed by atoms with Crippen LogP contribution in [0, 0.1) is 11.7 Å². The summed E-state index contributed by atoms with van der Waals surface area (Å²) in [5, 5.41) is 11.3. The Morgan fingerprint density at radius 3 is 2.79 bits per heavy atom.